The highest BCUT2D eigenvalue weighted by atomic mass is 16.4. The average Bonchev–Trinajstić information content (AvgIpc) is 2.95. The second kappa shape index (κ2) is 8.12. The summed E-state index contributed by atoms with van der Waals surface area (Å²) in [6.07, 6.45) is 4.15. The van der Waals surface area contributed by atoms with Crippen LogP contribution < -0.4 is 0 Å². The third-order valence-electron chi connectivity index (χ3n) is 9.42. The van der Waals surface area contributed by atoms with Crippen LogP contribution in [0.5, 0.6) is 0 Å². The van der Waals surface area contributed by atoms with Crippen molar-refractivity contribution in [3.8, 4) is 0 Å². The fraction of sp³-hybridized carbons (Fsp3) is 0.692. The molecule has 0 heterocycles. The molecular formula is C26H34O8. The Labute approximate surface area is 198 Å². The zero-order chi connectivity index (χ0) is 25.2. The van der Waals surface area contributed by atoms with E-state index in [2.05, 4.69) is 0 Å². The Kier molecular flexibility index (Phi) is 5.92. The van der Waals surface area contributed by atoms with Crippen LogP contribution in [0.3, 0.4) is 0 Å². The van der Waals surface area contributed by atoms with E-state index in [0.717, 1.165) is 5.57 Å². The number of carboxylic acids is 2. The van der Waals surface area contributed by atoms with Gasteiger partial charge in [-0.2, -0.15) is 0 Å². The van der Waals surface area contributed by atoms with Gasteiger partial charge in [-0.25, -0.2) is 0 Å². The van der Waals surface area contributed by atoms with Gasteiger partial charge >= 0.3 is 11.9 Å². The predicted molar refractivity (Wildman–Crippen MR) is 121 cm³/mol. The second-order valence-corrected chi connectivity index (χ2v) is 11.5. The van der Waals surface area contributed by atoms with E-state index < -0.39 is 64.9 Å². The van der Waals surface area contributed by atoms with Gasteiger partial charge in [0.15, 0.2) is 11.6 Å². The zero-order valence-electron chi connectivity index (χ0n) is 19.9. The summed E-state index contributed by atoms with van der Waals surface area (Å²) < 4.78 is 0. The molecule has 34 heavy (non-hydrogen) atoms. The van der Waals surface area contributed by atoms with Gasteiger partial charge in [-0.05, 0) is 61.0 Å². The molecule has 0 radical (unpaired) electrons. The van der Waals surface area contributed by atoms with Gasteiger partial charge in [-0.1, -0.05) is 32.4 Å². The van der Waals surface area contributed by atoms with E-state index in [-0.39, 0.29) is 30.0 Å². The number of rotatable bonds is 6. The number of Topliss-reactive ketones (excluding diaryl/α,β-unsaturated/α-hetero) is 1. The number of carboxylic acid groups (broad SMARTS) is 2. The van der Waals surface area contributed by atoms with Crippen LogP contribution >= 0.6 is 0 Å². The highest BCUT2D eigenvalue weighted by Crippen LogP contribution is 2.70. The van der Waals surface area contributed by atoms with Crippen molar-refractivity contribution in [3.05, 3.63) is 23.8 Å². The molecular weight excluding hydrogens is 440 g/mol. The number of fused-ring (bicyclic) bond motifs is 5. The van der Waals surface area contributed by atoms with Crippen LogP contribution in [-0.2, 0) is 19.2 Å². The molecule has 0 spiro atoms. The van der Waals surface area contributed by atoms with E-state index in [4.69, 9.17) is 5.11 Å². The van der Waals surface area contributed by atoms with Crippen molar-refractivity contribution in [2.75, 3.05) is 0 Å². The average molecular weight is 475 g/mol. The van der Waals surface area contributed by atoms with Crippen LogP contribution in [0.25, 0.3) is 0 Å². The fourth-order valence-electron chi connectivity index (χ4n) is 8.58. The number of hydrogen-bond donors (Lipinski definition) is 4. The summed E-state index contributed by atoms with van der Waals surface area (Å²) in [5.41, 5.74) is -2.19. The number of carbonyl (C=O) groups excluding carboxylic acids is 2. The van der Waals surface area contributed by atoms with Crippen LogP contribution in [-0.4, -0.2) is 55.6 Å². The van der Waals surface area contributed by atoms with Crippen LogP contribution in [0.1, 0.15) is 59.3 Å². The van der Waals surface area contributed by atoms with Gasteiger partial charge < -0.3 is 20.4 Å². The van der Waals surface area contributed by atoms with E-state index in [0.29, 0.717) is 19.3 Å². The lowest BCUT2D eigenvalue weighted by Crippen LogP contribution is -2.63. The van der Waals surface area contributed by atoms with E-state index in [9.17, 15) is 34.5 Å². The fourth-order valence-corrected chi connectivity index (χ4v) is 8.58. The summed E-state index contributed by atoms with van der Waals surface area (Å²) in [7, 11) is 0. The molecule has 4 rings (SSSR count). The lowest BCUT2D eigenvalue weighted by atomic mass is 9.42. The number of aliphatic hydroxyl groups excluding tert-OH is 1. The molecule has 186 valence electrons. The largest absolute Gasteiger partial charge is 0.481 e. The number of allylic oxidation sites excluding steroid dienone is 4. The third kappa shape index (κ3) is 3.66. The van der Waals surface area contributed by atoms with Crippen LogP contribution in [0.2, 0.25) is 0 Å². The minimum atomic E-state index is -1.64. The maximum absolute atomic E-state index is 13.3. The molecule has 0 amide bonds. The first kappa shape index (κ1) is 24.8. The van der Waals surface area contributed by atoms with Gasteiger partial charge in [0.25, 0.3) is 0 Å². The Balaban J connectivity index is 1.80. The summed E-state index contributed by atoms with van der Waals surface area (Å²) in [4.78, 5) is 48.4. The molecule has 0 bridgehead atoms. The Morgan fingerprint density at radius 1 is 1.18 bits per heavy atom. The maximum atomic E-state index is 13.3. The minimum absolute atomic E-state index is 0.00282. The van der Waals surface area contributed by atoms with E-state index >= 15 is 0 Å². The lowest BCUT2D eigenvalue weighted by molar-refractivity contribution is -0.193. The zero-order valence-corrected chi connectivity index (χ0v) is 19.9. The first-order chi connectivity index (χ1) is 15.7. The van der Waals surface area contributed by atoms with Gasteiger partial charge in [0.05, 0.1) is 18.4 Å². The molecule has 8 heteroatoms. The lowest BCUT2D eigenvalue weighted by Gasteiger charge is -2.63. The van der Waals surface area contributed by atoms with Crippen molar-refractivity contribution >= 4 is 23.5 Å². The van der Waals surface area contributed by atoms with Crippen molar-refractivity contribution < 1.29 is 39.6 Å². The molecule has 3 saturated carbocycles. The van der Waals surface area contributed by atoms with Gasteiger partial charge in [-0.15, -0.1) is 0 Å². The summed E-state index contributed by atoms with van der Waals surface area (Å²) in [6.45, 7) is 5.78. The summed E-state index contributed by atoms with van der Waals surface area (Å²) in [5, 5.41) is 41.3. The topological polar surface area (TPSA) is 149 Å². The van der Waals surface area contributed by atoms with Crippen molar-refractivity contribution in [1.29, 1.82) is 0 Å². The normalized spacial score (nSPS) is 43.9. The van der Waals surface area contributed by atoms with Crippen LogP contribution in [0.15, 0.2) is 23.8 Å². The van der Waals surface area contributed by atoms with Gasteiger partial charge in [0, 0.05) is 17.3 Å². The number of carbonyl (C=O) groups is 4. The number of ketones is 2. The SMILES string of the molecule is C[C@@H]1C[C@H]2[C@@H]3CCC4=CC(=O)C=C[C@]4(C)[C@H]3[C@](O)(CC(=O)O)C[C@]2(C)[C@H]1C(=O)C(O)CC(=O)O. The molecule has 0 aromatic rings. The predicted octanol–water partition coefficient (Wildman–Crippen LogP) is 2.38. The van der Waals surface area contributed by atoms with Crippen molar-refractivity contribution in [3.63, 3.8) is 0 Å². The second-order valence-electron chi connectivity index (χ2n) is 11.5. The molecule has 4 aliphatic carbocycles. The minimum Gasteiger partial charge on any atom is -0.481 e. The highest BCUT2D eigenvalue weighted by molar-refractivity contribution is 6.01. The number of hydrogen-bond acceptors (Lipinski definition) is 6. The van der Waals surface area contributed by atoms with Crippen molar-refractivity contribution in [1.82, 2.24) is 0 Å². The Bertz CT molecular complexity index is 997. The molecule has 0 saturated heterocycles. The molecule has 8 nitrogen and oxygen atoms in total. The molecule has 0 aromatic carbocycles. The number of aliphatic hydroxyl groups is 2. The van der Waals surface area contributed by atoms with E-state index in [1.54, 1.807) is 6.08 Å². The standard InChI is InChI=1S/C26H34O8/c1-13-8-17-16-5-4-14-9-15(27)6-7-24(14,2)23(16)26(34,11-20(31)32)12-25(17,3)21(13)22(33)18(28)10-19(29)30/h6-7,9,13,16-18,21,23,28,34H,4-5,8,10-12H2,1-3H3,(H,29,30)(H,31,32)/t13-,16+,17+,18?,21-,23+,24+,25+,26+/m1/s1. The molecule has 0 aliphatic heterocycles. The summed E-state index contributed by atoms with van der Waals surface area (Å²) in [6, 6.07) is 0. The summed E-state index contributed by atoms with van der Waals surface area (Å²) in [5.74, 6) is -4.41. The van der Waals surface area contributed by atoms with Crippen molar-refractivity contribution in [2.45, 2.75) is 71.0 Å². The Morgan fingerprint density at radius 3 is 2.47 bits per heavy atom. The van der Waals surface area contributed by atoms with Gasteiger partial charge in [-0.3, -0.25) is 19.2 Å². The van der Waals surface area contributed by atoms with Gasteiger partial charge in [0.1, 0.15) is 6.10 Å². The Morgan fingerprint density at radius 2 is 1.85 bits per heavy atom. The smallest absolute Gasteiger partial charge is 0.306 e. The summed E-state index contributed by atoms with van der Waals surface area (Å²) >= 11 is 0. The molecule has 1 unspecified atom stereocenters. The Hall–Kier alpha value is -2.32. The van der Waals surface area contributed by atoms with E-state index in [1.807, 2.05) is 26.8 Å². The molecule has 9 atom stereocenters. The number of aliphatic carboxylic acids is 2. The molecule has 0 aromatic heterocycles. The quantitative estimate of drug-likeness (QED) is 0.458. The van der Waals surface area contributed by atoms with Crippen LogP contribution in [0, 0.1) is 40.4 Å². The molecule has 3 fully saturated rings. The first-order valence-corrected chi connectivity index (χ1v) is 12.0. The van der Waals surface area contributed by atoms with Crippen LogP contribution in [0.4, 0.5) is 0 Å². The highest BCUT2D eigenvalue weighted by Gasteiger charge is 2.69. The van der Waals surface area contributed by atoms with E-state index in [1.165, 1.54) is 6.08 Å². The maximum Gasteiger partial charge on any atom is 0.306 e. The first-order valence-electron chi connectivity index (χ1n) is 12.0. The molecule has 4 aliphatic rings. The third-order valence-corrected chi connectivity index (χ3v) is 9.42. The van der Waals surface area contributed by atoms with Gasteiger partial charge in [0.2, 0.25) is 0 Å². The van der Waals surface area contributed by atoms with Crippen molar-refractivity contribution in [2.24, 2.45) is 40.4 Å². The molecule has 4 N–H and O–H groups in total. The monoisotopic (exact) mass is 474 g/mol.